The molecular formula is C17H15Cl2NO5S. The van der Waals surface area contributed by atoms with E-state index in [0.29, 0.717) is 5.02 Å². The highest BCUT2D eigenvalue weighted by molar-refractivity contribution is 7.89. The van der Waals surface area contributed by atoms with Gasteiger partial charge in [-0.1, -0.05) is 40.9 Å². The number of benzene rings is 2. The first-order valence-electron chi connectivity index (χ1n) is 7.39. The summed E-state index contributed by atoms with van der Waals surface area (Å²) >= 11 is 11.6. The van der Waals surface area contributed by atoms with Crippen LogP contribution in [0.25, 0.3) is 0 Å². The van der Waals surface area contributed by atoms with Crippen molar-refractivity contribution in [3.8, 4) is 0 Å². The van der Waals surface area contributed by atoms with E-state index in [4.69, 9.17) is 27.9 Å². The summed E-state index contributed by atoms with van der Waals surface area (Å²) in [5.74, 6) is -1.42. The lowest BCUT2D eigenvalue weighted by Gasteiger charge is -2.08. The van der Waals surface area contributed by atoms with Crippen molar-refractivity contribution in [3.05, 3.63) is 63.6 Å². The highest BCUT2D eigenvalue weighted by Crippen LogP contribution is 2.21. The van der Waals surface area contributed by atoms with E-state index in [1.165, 1.54) is 30.3 Å². The first-order valence-corrected chi connectivity index (χ1v) is 9.63. The third-order valence-corrected chi connectivity index (χ3v) is 5.30. The van der Waals surface area contributed by atoms with Crippen molar-refractivity contribution >= 4 is 45.0 Å². The third-order valence-electron chi connectivity index (χ3n) is 3.33. The molecule has 0 aliphatic rings. The zero-order chi connectivity index (χ0) is 19.3. The maximum Gasteiger partial charge on any atom is 0.321 e. The van der Waals surface area contributed by atoms with Crippen LogP contribution in [0.2, 0.25) is 10.0 Å². The van der Waals surface area contributed by atoms with Crippen molar-refractivity contribution in [1.82, 2.24) is 4.72 Å². The van der Waals surface area contributed by atoms with Crippen molar-refractivity contribution in [1.29, 1.82) is 0 Å². The van der Waals surface area contributed by atoms with Crippen LogP contribution in [0.5, 0.6) is 0 Å². The minimum absolute atomic E-state index is 0.0277. The molecule has 138 valence electrons. The van der Waals surface area contributed by atoms with Gasteiger partial charge in [0.05, 0.1) is 9.92 Å². The molecule has 2 aromatic carbocycles. The number of hydrogen-bond acceptors (Lipinski definition) is 5. The van der Waals surface area contributed by atoms with Crippen molar-refractivity contribution in [2.24, 2.45) is 0 Å². The molecule has 0 unspecified atom stereocenters. The van der Waals surface area contributed by atoms with E-state index >= 15 is 0 Å². The normalized spacial score (nSPS) is 11.2. The second-order valence-corrected chi connectivity index (χ2v) is 7.96. The molecule has 0 aliphatic heterocycles. The zero-order valence-electron chi connectivity index (χ0n) is 13.7. The number of aryl methyl sites for hydroxylation is 1. The van der Waals surface area contributed by atoms with Crippen LogP contribution < -0.4 is 4.72 Å². The minimum atomic E-state index is -3.85. The van der Waals surface area contributed by atoms with E-state index < -0.39 is 34.9 Å². The lowest BCUT2D eigenvalue weighted by atomic mass is 10.1. The fourth-order valence-electron chi connectivity index (χ4n) is 1.95. The van der Waals surface area contributed by atoms with Gasteiger partial charge < -0.3 is 4.74 Å². The monoisotopic (exact) mass is 415 g/mol. The average molecular weight is 416 g/mol. The summed E-state index contributed by atoms with van der Waals surface area (Å²) in [5, 5.41) is 0.507. The van der Waals surface area contributed by atoms with Crippen LogP contribution in [-0.4, -0.2) is 33.3 Å². The Labute approximate surface area is 161 Å². The molecule has 2 aromatic rings. The molecule has 26 heavy (non-hydrogen) atoms. The Morgan fingerprint density at radius 1 is 1.08 bits per heavy atom. The number of Topliss-reactive ketones (excluding diaryl/α,β-unsaturated/α-hetero) is 1. The highest BCUT2D eigenvalue weighted by Gasteiger charge is 2.17. The van der Waals surface area contributed by atoms with Crippen LogP contribution >= 0.6 is 23.2 Å². The van der Waals surface area contributed by atoms with Crippen LogP contribution in [0.3, 0.4) is 0 Å². The molecule has 6 nitrogen and oxygen atoms in total. The molecule has 2 rings (SSSR count). The summed E-state index contributed by atoms with van der Waals surface area (Å²) in [6.07, 6.45) is 0. The van der Waals surface area contributed by atoms with Crippen LogP contribution in [0.4, 0.5) is 0 Å². The average Bonchev–Trinajstić information content (AvgIpc) is 2.58. The number of rotatable bonds is 7. The Hall–Kier alpha value is -1.93. The van der Waals surface area contributed by atoms with Crippen molar-refractivity contribution in [2.75, 3.05) is 13.2 Å². The molecular weight excluding hydrogens is 401 g/mol. The molecule has 0 bridgehead atoms. The number of hydrogen-bond donors (Lipinski definition) is 1. The number of carbonyl (C=O) groups excluding carboxylic acids is 2. The standard InChI is InChI=1S/C17H15Cl2NO5S/c1-11-2-5-13(6-3-11)26(23,24)20-9-17(22)25-10-16(21)14-7-4-12(18)8-15(14)19/h2-8,20H,9-10H2,1H3. The summed E-state index contributed by atoms with van der Waals surface area (Å²) in [4.78, 5) is 23.7. The van der Waals surface area contributed by atoms with Gasteiger partial charge in [0.1, 0.15) is 6.54 Å². The van der Waals surface area contributed by atoms with Crippen LogP contribution in [-0.2, 0) is 19.6 Å². The number of nitrogens with one attached hydrogen (secondary N) is 1. The summed E-state index contributed by atoms with van der Waals surface area (Å²) < 4.78 is 31.0. The molecule has 0 fully saturated rings. The number of carbonyl (C=O) groups is 2. The van der Waals surface area contributed by atoms with E-state index in [2.05, 4.69) is 4.72 Å². The van der Waals surface area contributed by atoms with Crippen LogP contribution in [0, 0.1) is 6.92 Å². The molecule has 0 radical (unpaired) electrons. The van der Waals surface area contributed by atoms with Gasteiger partial charge in [0.2, 0.25) is 15.8 Å². The maximum absolute atomic E-state index is 12.1. The molecule has 1 N–H and O–H groups in total. The lowest BCUT2D eigenvalue weighted by molar-refractivity contribution is -0.141. The van der Waals surface area contributed by atoms with Crippen LogP contribution in [0.15, 0.2) is 47.4 Å². The number of esters is 1. The van der Waals surface area contributed by atoms with Gasteiger partial charge in [-0.05, 0) is 37.3 Å². The van der Waals surface area contributed by atoms with Crippen molar-refractivity contribution in [2.45, 2.75) is 11.8 Å². The summed E-state index contributed by atoms with van der Waals surface area (Å²) in [5.41, 5.74) is 1.06. The molecule has 0 aliphatic carbocycles. The second kappa shape index (κ2) is 8.64. The first-order chi connectivity index (χ1) is 12.2. The van der Waals surface area contributed by atoms with Gasteiger partial charge in [-0.3, -0.25) is 9.59 Å². The topological polar surface area (TPSA) is 89.5 Å². The van der Waals surface area contributed by atoms with E-state index in [9.17, 15) is 18.0 Å². The van der Waals surface area contributed by atoms with Gasteiger partial charge in [0.15, 0.2) is 6.61 Å². The number of ketones is 1. The van der Waals surface area contributed by atoms with E-state index in [1.807, 2.05) is 6.92 Å². The molecule has 0 saturated carbocycles. The molecule has 0 aromatic heterocycles. The van der Waals surface area contributed by atoms with Gasteiger partial charge in [-0.2, -0.15) is 4.72 Å². The largest absolute Gasteiger partial charge is 0.456 e. The van der Waals surface area contributed by atoms with Gasteiger partial charge in [-0.25, -0.2) is 8.42 Å². The predicted octanol–water partition coefficient (Wildman–Crippen LogP) is 3.01. The Balaban J connectivity index is 1.88. The Morgan fingerprint density at radius 3 is 2.35 bits per heavy atom. The zero-order valence-corrected chi connectivity index (χ0v) is 16.0. The minimum Gasteiger partial charge on any atom is -0.456 e. The van der Waals surface area contributed by atoms with Crippen LogP contribution in [0.1, 0.15) is 15.9 Å². The molecule has 0 atom stereocenters. The summed E-state index contributed by atoms with van der Waals surface area (Å²) in [6.45, 7) is 0.662. The second-order valence-electron chi connectivity index (χ2n) is 5.35. The van der Waals surface area contributed by atoms with Crippen molar-refractivity contribution < 1.29 is 22.7 Å². The molecule has 0 saturated heterocycles. The first kappa shape index (κ1) is 20.4. The SMILES string of the molecule is Cc1ccc(S(=O)(=O)NCC(=O)OCC(=O)c2ccc(Cl)cc2Cl)cc1. The number of halogens is 2. The van der Waals surface area contributed by atoms with E-state index in [-0.39, 0.29) is 15.5 Å². The maximum atomic E-state index is 12.1. The van der Waals surface area contributed by atoms with Gasteiger partial charge in [-0.15, -0.1) is 0 Å². The quantitative estimate of drug-likeness (QED) is 0.554. The number of ether oxygens (including phenoxy) is 1. The third kappa shape index (κ3) is 5.54. The molecule has 9 heteroatoms. The molecule has 0 amide bonds. The highest BCUT2D eigenvalue weighted by atomic mass is 35.5. The predicted molar refractivity (Wildman–Crippen MR) is 98.1 cm³/mol. The Kier molecular flexibility index (Phi) is 6.77. The van der Waals surface area contributed by atoms with Gasteiger partial charge in [0, 0.05) is 10.6 Å². The molecule has 0 spiro atoms. The van der Waals surface area contributed by atoms with E-state index in [1.54, 1.807) is 12.1 Å². The Morgan fingerprint density at radius 2 is 1.73 bits per heavy atom. The van der Waals surface area contributed by atoms with Gasteiger partial charge in [0.25, 0.3) is 0 Å². The number of sulfonamides is 1. The fourth-order valence-corrected chi connectivity index (χ4v) is 3.43. The fraction of sp³-hybridized carbons (Fsp3) is 0.176. The van der Waals surface area contributed by atoms with Crippen molar-refractivity contribution in [3.63, 3.8) is 0 Å². The Bertz CT molecular complexity index is 927. The smallest absolute Gasteiger partial charge is 0.321 e. The summed E-state index contributed by atoms with van der Waals surface area (Å²) in [6, 6.07) is 10.4. The van der Waals surface area contributed by atoms with E-state index in [0.717, 1.165) is 5.56 Å². The summed E-state index contributed by atoms with van der Waals surface area (Å²) in [7, 11) is -3.85. The molecule has 0 heterocycles. The van der Waals surface area contributed by atoms with Gasteiger partial charge >= 0.3 is 5.97 Å². The lowest BCUT2D eigenvalue weighted by Crippen LogP contribution is -2.31.